The van der Waals surface area contributed by atoms with E-state index in [1.807, 2.05) is 37.3 Å². The number of benzene rings is 2. The number of para-hydroxylation sites is 1. The summed E-state index contributed by atoms with van der Waals surface area (Å²) in [5.41, 5.74) is 1.22. The number of fused-ring (bicyclic) bond motifs is 1. The standard InChI is InChI=1S/C22H19NO4/c1-15-6-4-7-16(12-15)14-23-18-9-3-2-8-17(18)22(26,21(23)25)13-19(24)20-10-5-11-27-20/h2-12,26H,13-14H2,1H3/t22-/m1/s1. The second-order valence-corrected chi connectivity index (χ2v) is 6.84. The summed E-state index contributed by atoms with van der Waals surface area (Å²) in [6.45, 7) is 2.32. The van der Waals surface area contributed by atoms with Gasteiger partial charge in [0.2, 0.25) is 5.78 Å². The molecule has 0 spiro atoms. The minimum absolute atomic E-state index is 0.130. The SMILES string of the molecule is Cc1cccc(CN2C(=O)[C@@](O)(CC(=O)c3ccco3)c3ccccc32)c1. The highest BCUT2D eigenvalue weighted by atomic mass is 16.3. The van der Waals surface area contributed by atoms with Crippen molar-refractivity contribution in [2.75, 3.05) is 4.90 Å². The van der Waals surface area contributed by atoms with Crippen LogP contribution in [0.1, 0.15) is 33.7 Å². The summed E-state index contributed by atoms with van der Waals surface area (Å²) in [7, 11) is 0. The summed E-state index contributed by atoms with van der Waals surface area (Å²) in [6, 6.07) is 18.0. The number of amides is 1. The van der Waals surface area contributed by atoms with Crippen molar-refractivity contribution in [2.45, 2.75) is 25.5 Å². The molecule has 0 aliphatic carbocycles. The highest BCUT2D eigenvalue weighted by Gasteiger charge is 2.51. The number of nitrogens with zero attached hydrogens (tertiary/aromatic N) is 1. The Morgan fingerprint density at radius 2 is 1.93 bits per heavy atom. The van der Waals surface area contributed by atoms with Gasteiger partial charge in [-0.15, -0.1) is 0 Å². The lowest BCUT2D eigenvalue weighted by molar-refractivity contribution is -0.136. The van der Waals surface area contributed by atoms with E-state index in [1.54, 1.807) is 29.2 Å². The van der Waals surface area contributed by atoms with Crippen LogP contribution in [0.15, 0.2) is 71.3 Å². The van der Waals surface area contributed by atoms with Gasteiger partial charge in [0, 0.05) is 5.56 Å². The van der Waals surface area contributed by atoms with Crippen molar-refractivity contribution in [3.8, 4) is 0 Å². The molecule has 136 valence electrons. The van der Waals surface area contributed by atoms with Crippen LogP contribution in [0.25, 0.3) is 0 Å². The zero-order valence-corrected chi connectivity index (χ0v) is 14.9. The molecular formula is C22H19NO4. The Morgan fingerprint density at radius 1 is 1.11 bits per heavy atom. The highest BCUT2D eigenvalue weighted by Crippen LogP contribution is 2.43. The molecule has 1 aliphatic heterocycles. The van der Waals surface area contributed by atoms with Crippen molar-refractivity contribution in [1.82, 2.24) is 0 Å². The van der Waals surface area contributed by atoms with Crippen molar-refractivity contribution in [1.29, 1.82) is 0 Å². The van der Waals surface area contributed by atoms with Gasteiger partial charge < -0.3 is 14.4 Å². The van der Waals surface area contributed by atoms with Crippen molar-refractivity contribution >= 4 is 17.4 Å². The Balaban J connectivity index is 1.69. The largest absolute Gasteiger partial charge is 0.461 e. The summed E-state index contributed by atoms with van der Waals surface area (Å²) in [4.78, 5) is 27.2. The van der Waals surface area contributed by atoms with Gasteiger partial charge in [-0.1, -0.05) is 48.0 Å². The van der Waals surface area contributed by atoms with E-state index in [4.69, 9.17) is 4.42 Å². The van der Waals surface area contributed by atoms with E-state index < -0.39 is 17.3 Å². The van der Waals surface area contributed by atoms with E-state index in [9.17, 15) is 14.7 Å². The highest BCUT2D eigenvalue weighted by molar-refractivity contribution is 6.10. The molecule has 27 heavy (non-hydrogen) atoms. The maximum atomic E-state index is 13.2. The molecule has 4 rings (SSSR count). The van der Waals surface area contributed by atoms with Gasteiger partial charge in [0.1, 0.15) is 0 Å². The van der Waals surface area contributed by atoms with E-state index in [0.29, 0.717) is 17.8 Å². The van der Waals surface area contributed by atoms with Gasteiger partial charge in [0.25, 0.3) is 5.91 Å². The first-order valence-corrected chi connectivity index (χ1v) is 8.75. The van der Waals surface area contributed by atoms with Crippen molar-refractivity contribution in [3.63, 3.8) is 0 Å². The van der Waals surface area contributed by atoms with Gasteiger partial charge in [-0.3, -0.25) is 9.59 Å². The fraction of sp³-hybridized carbons (Fsp3) is 0.182. The molecule has 0 bridgehead atoms. The smallest absolute Gasteiger partial charge is 0.264 e. The van der Waals surface area contributed by atoms with Crippen LogP contribution in [0.4, 0.5) is 5.69 Å². The number of hydrogen-bond donors (Lipinski definition) is 1. The Labute approximate surface area is 156 Å². The van der Waals surface area contributed by atoms with Crippen molar-refractivity contribution in [2.24, 2.45) is 0 Å². The van der Waals surface area contributed by atoms with Crippen LogP contribution in [-0.2, 0) is 16.9 Å². The molecule has 0 unspecified atom stereocenters. The first-order chi connectivity index (χ1) is 13.0. The molecule has 0 fully saturated rings. The molecule has 1 aliphatic rings. The minimum Gasteiger partial charge on any atom is -0.461 e. The van der Waals surface area contributed by atoms with Gasteiger partial charge in [-0.05, 0) is 30.7 Å². The van der Waals surface area contributed by atoms with Gasteiger partial charge in [-0.25, -0.2) is 0 Å². The van der Waals surface area contributed by atoms with Gasteiger partial charge in [-0.2, -0.15) is 0 Å². The van der Waals surface area contributed by atoms with E-state index in [2.05, 4.69) is 0 Å². The van der Waals surface area contributed by atoms with Gasteiger partial charge >= 0.3 is 0 Å². The zero-order chi connectivity index (χ0) is 19.0. The maximum Gasteiger partial charge on any atom is 0.264 e. The van der Waals surface area contributed by atoms with E-state index in [1.165, 1.54) is 12.3 Å². The lowest BCUT2D eigenvalue weighted by Crippen LogP contribution is -2.41. The van der Waals surface area contributed by atoms with Crippen molar-refractivity contribution in [3.05, 3.63) is 89.4 Å². The third-order valence-electron chi connectivity index (χ3n) is 4.87. The Hall–Kier alpha value is -3.18. The number of ketones is 1. The van der Waals surface area contributed by atoms with Crippen LogP contribution < -0.4 is 4.90 Å². The number of Topliss-reactive ketones (excluding diaryl/α,β-unsaturated/α-hetero) is 1. The first kappa shape index (κ1) is 17.2. The summed E-state index contributed by atoms with van der Waals surface area (Å²) in [5, 5.41) is 11.2. The summed E-state index contributed by atoms with van der Waals surface area (Å²) in [5.74, 6) is -0.779. The molecule has 1 atom stereocenters. The number of aryl methyl sites for hydroxylation is 1. The van der Waals surface area contributed by atoms with Crippen LogP contribution >= 0.6 is 0 Å². The lowest BCUT2D eigenvalue weighted by atomic mass is 9.89. The molecule has 3 aromatic rings. The molecule has 1 amide bonds. The Morgan fingerprint density at radius 3 is 2.67 bits per heavy atom. The molecule has 2 aromatic carbocycles. The number of anilines is 1. The predicted octanol–water partition coefficient (Wildman–Crippen LogP) is 3.60. The third kappa shape index (κ3) is 2.96. The Kier molecular flexibility index (Phi) is 4.16. The van der Waals surface area contributed by atoms with Crippen LogP contribution in [0.2, 0.25) is 0 Å². The van der Waals surface area contributed by atoms with E-state index >= 15 is 0 Å². The number of furan rings is 1. The van der Waals surface area contributed by atoms with Crippen LogP contribution in [-0.4, -0.2) is 16.8 Å². The normalized spacial score (nSPS) is 18.6. The molecule has 0 radical (unpaired) electrons. The van der Waals surface area contributed by atoms with Gasteiger partial charge in [0.05, 0.1) is 24.9 Å². The lowest BCUT2D eigenvalue weighted by Gasteiger charge is -2.22. The van der Waals surface area contributed by atoms with Crippen molar-refractivity contribution < 1.29 is 19.1 Å². The topological polar surface area (TPSA) is 70.8 Å². The molecule has 1 N–H and O–H groups in total. The fourth-order valence-corrected chi connectivity index (χ4v) is 3.58. The second kappa shape index (κ2) is 6.52. The first-order valence-electron chi connectivity index (χ1n) is 8.75. The molecule has 0 saturated carbocycles. The quantitative estimate of drug-likeness (QED) is 0.705. The zero-order valence-electron chi connectivity index (χ0n) is 14.9. The molecular weight excluding hydrogens is 342 g/mol. The third-order valence-corrected chi connectivity index (χ3v) is 4.87. The summed E-state index contributed by atoms with van der Waals surface area (Å²) >= 11 is 0. The average Bonchev–Trinajstić information content (AvgIpc) is 3.26. The molecule has 1 aromatic heterocycles. The molecule has 5 heteroatoms. The predicted molar refractivity (Wildman–Crippen MR) is 100 cm³/mol. The van der Waals surface area contributed by atoms with Gasteiger partial charge in [0.15, 0.2) is 11.4 Å². The monoisotopic (exact) mass is 361 g/mol. The maximum absolute atomic E-state index is 13.2. The number of carbonyl (C=O) groups is 2. The minimum atomic E-state index is -1.90. The number of rotatable bonds is 5. The molecule has 2 heterocycles. The van der Waals surface area contributed by atoms with E-state index in [0.717, 1.165) is 11.1 Å². The number of hydrogen-bond acceptors (Lipinski definition) is 4. The average molecular weight is 361 g/mol. The van der Waals surface area contributed by atoms with Crippen LogP contribution in [0, 0.1) is 6.92 Å². The van der Waals surface area contributed by atoms with Crippen LogP contribution in [0.3, 0.4) is 0 Å². The molecule has 0 saturated heterocycles. The fourth-order valence-electron chi connectivity index (χ4n) is 3.58. The molecule has 5 nitrogen and oxygen atoms in total. The van der Waals surface area contributed by atoms with E-state index in [-0.39, 0.29) is 12.2 Å². The van der Waals surface area contributed by atoms with Crippen LogP contribution in [0.5, 0.6) is 0 Å². The second-order valence-electron chi connectivity index (χ2n) is 6.84. The number of carbonyl (C=O) groups excluding carboxylic acids is 2. The summed E-state index contributed by atoms with van der Waals surface area (Å²) < 4.78 is 5.12. The Bertz CT molecular complexity index is 1010. The summed E-state index contributed by atoms with van der Waals surface area (Å²) in [6.07, 6.45) is 1.03. The number of aliphatic hydroxyl groups is 1.